The van der Waals surface area contributed by atoms with Gasteiger partial charge in [0.25, 0.3) is 0 Å². The summed E-state index contributed by atoms with van der Waals surface area (Å²) in [6.45, 7) is 6.25. The normalized spacial score (nSPS) is 10.6. The van der Waals surface area contributed by atoms with Gasteiger partial charge >= 0.3 is 0 Å². The van der Waals surface area contributed by atoms with Crippen LogP contribution in [0.15, 0.2) is 6.20 Å². The third-order valence-electron chi connectivity index (χ3n) is 2.28. The number of hydrogen-bond acceptors (Lipinski definition) is 2. The maximum absolute atomic E-state index is 11.3. The molecule has 0 aromatic carbocycles. The number of aromatic nitrogens is 2. The first kappa shape index (κ1) is 10.8. The molecule has 1 amide bonds. The standard InChI is InChI=1S/C10H17N3O/c1-7(2)10(14)12-6-9-5-11-8(3)13(9)4/h5,7H,6H2,1-4H3,(H,12,14). The molecule has 0 saturated carbocycles. The predicted octanol–water partition coefficient (Wildman–Crippen LogP) is 1.00. The van der Waals surface area contributed by atoms with Crippen LogP contribution in [0, 0.1) is 12.8 Å². The van der Waals surface area contributed by atoms with Crippen LogP contribution in [-0.2, 0) is 18.4 Å². The zero-order valence-electron chi connectivity index (χ0n) is 9.16. The van der Waals surface area contributed by atoms with Crippen LogP contribution in [0.1, 0.15) is 25.4 Å². The van der Waals surface area contributed by atoms with Gasteiger partial charge in [0.2, 0.25) is 5.91 Å². The van der Waals surface area contributed by atoms with Crippen molar-refractivity contribution in [1.29, 1.82) is 0 Å². The summed E-state index contributed by atoms with van der Waals surface area (Å²) in [5.41, 5.74) is 1.02. The minimum Gasteiger partial charge on any atom is -0.350 e. The second kappa shape index (κ2) is 4.26. The van der Waals surface area contributed by atoms with Gasteiger partial charge in [0.15, 0.2) is 0 Å². The van der Waals surface area contributed by atoms with Crippen molar-refractivity contribution in [2.45, 2.75) is 27.3 Å². The van der Waals surface area contributed by atoms with E-state index in [0.29, 0.717) is 6.54 Å². The second-order valence-electron chi connectivity index (χ2n) is 3.73. The van der Waals surface area contributed by atoms with Crippen molar-refractivity contribution in [3.63, 3.8) is 0 Å². The van der Waals surface area contributed by atoms with Gasteiger partial charge in [0, 0.05) is 13.0 Å². The minimum atomic E-state index is 0.0318. The number of aryl methyl sites for hydroxylation is 1. The van der Waals surface area contributed by atoms with Gasteiger partial charge in [-0.15, -0.1) is 0 Å². The summed E-state index contributed by atoms with van der Waals surface area (Å²) in [4.78, 5) is 15.4. The van der Waals surface area contributed by atoms with Crippen molar-refractivity contribution in [2.24, 2.45) is 13.0 Å². The van der Waals surface area contributed by atoms with E-state index in [-0.39, 0.29) is 11.8 Å². The first-order valence-electron chi connectivity index (χ1n) is 4.77. The van der Waals surface area contributed by atoms with Crippen LogP contribution in [0.4, 0.5) is 0 Å². The van der Waals surface area contributed by atoms with Gasteiger partial charge in [-0.3, -0.25) is 4.79 Å². The van der Waals surface area contributed by atoms with E-state index >= 15 is 0 Å². The van der Waals surface area contributed by atoms with Crippen molar-refractivity contribution in [2.75, 3.05) is 0 Å². The number of nitrogens with zero attached hydrogens (tertiary/aromatic N) is 2. The molecular weight excluding hydrogens is 178 g/mol. The Labute approximate surface area is 84.3 Å². The van der Waals surface area contributed by atoms with Crippen LogP contribution in [0.5, 0.6) is 0 Å². The van der Waals surface area contributed by atoms with Crippen LogP contribution in [0.3, 0.4) is 0 Å². The number of carbonyl (C=O) groups is 1. The molecule has 4 nitrogen and oxygen atoms in total. The van der Waals surface area contributed by atoms with E-state index in [1.165, 1.54) is 0 Å². The van der Waals surface area contributed by atoms with Crippen molar-refractivity contribution in [1.82, 2.24) is 14.9 Å². The Hall–Kier alpha value is -1.32. The quantitative estimate of drug-likeness (QED) is 0.782. The van der Waals surface area contributed by atoms with Crippen molar-refractivity contribution in [3.8, 4) is 0 Å². The highest BCUT2D eigenvalue weighted by molar-refractivity contribution is 5.77. The molecule has 0 unspecified atom stereocenters. The average molecular weight is 195 g/mol. The summed E-state index contributed by atoms with van der Waals surface area (Å²) < 4.78 is 1.97. The van der Waals surface area contributed by atoms with Gasteiger partial charge in [-0.25, -0.2) is 4.98 Å². The van der Waals surface area contributed by atoms with Crippen molar-refractivity contribution in [3.05, 3.63) is 17.7 Å². The number of hydrogen-bond donors (Lipinski definition) is 1. The smallest absolute Gasteiger partial charge is 0.222 e. The lowest BCUT2D eigenvalue weighted by atomic mass is 10.2. The molecule has 0 atom stereocenters. The van der Waals surface area contributed by atoms with Gasteiger partial charge in [0.05, 0.1) is 18.4 Å². The van der Waals surface area contributed by atoms with E-state index < -0.39 is 0 Å². The number of carbonyl (C=O) groups excluding carboxylic acids is 1. The minimum absolute atomic E-state index is 0.0318. The first-order valence-corrected chi connectivity index (χ1v) is 4.77. The summed E-state index contributed by atoms with van der Waals surface area (Å²) in [7, 11) is 1.94. The topological polar surface area (TPSA) is 46.9 Å². The van der Waals surface area contributed by atoms with Gasteiger partial charge in [0.1, 0.15) is 5.82 Å². The van der Waals surface area contributed by atoms with E-state index in [1.54, 1.807) is 6.20 Å². The Balaban J connectivity index is 2.54. The molecule has 0 aliphatic rings. The lowest BCUT2D eigenvalue weighted by Crippen LogP contribution is -2.27. The molecule has 0 saturated heterocycles. The Morgan fingerprint density at radius 3 is 2.71 bits per heavy atom. The summed E-state index contributed by atoms with van der Waals surface area (Å²) in [5, 5.41) is 2.85. The van der Waals surface area contributed by atoms with Crippen molar-refractivity contribution < 1.29 is 4.79 Å². The lowest BCUT2D eigenvalue weighted by molar-refractivity contribution is -0.124. The van der Waals surface area contributed by atoms with Gasteiger partial charge in [-0.05, 0) is 6.92 Å². The molecule has 1 aromatic rings. The van der Waals surface area contributed by atoms with Crippen LogP contribution >= 0.6 is 0 Å². The fourth-order valence-corrected chi connectivity index (χ4v) is 1.09. The SMILES string of the molecule is Cc1ncc(CNC(=O)C(C)C)n1C. The van der Waals surface area contributed by atoms with E-state index in [2.05, 4.69) is 10.3 Å². The second-order valence-corrected chi connectivity index (χ2v) is 3.73. The van der Waals surface area contributed by atoms with Crippen LogP contribution in [0.2, 0.25) is 0 Å². The molecule has 0 spiro atoms. The summed E-state index contributed by atoms with van der Waals surface area (Å²) >= 11 is 0. The monoisotopic (exact) mass is 195 g/mol. The van der Waals surface area contributed by atoms with Crippen LogP contribution in [-0.4, -0.2) is 15.5 Å². The highest BCUT2D eigenvalue weighted by atomic mass is 16.1. The van der Waals surface area contributed by atoms with Crippen molar-refractivity contribution >= 4 is 5.91 Å². The molecule has 78 valence electrons. The van der Waals surface area contributed by atoms with Gasteiger partial charge in [-0.2, -0.15) is 0 Å². The Kier molecular flexibility index (Phi) is 3.28. The van der Waals surface area contributed by atoms with E-state index in [1.807, 2.05) is 32.4 Å². The Bertz CT molecular complexity index is 328. The summed E-state index contributed by atoms with van der Waals surface area (Å²) in [6, 6.07) is 0. The molecule has 0 aliphatic carbocycles. The Morgan fingerprint density at radius 2 is 2.29 bits per heavy atom. The largest absolute Gasteiger partial charge is 0.350 e. The molecule has 0 radical (unpaired) electrons. The average Bonchev–Trinajstić information content (AvgIpc) is 2.44. The zero-order chi connectivity index (χ0) is 10.7. The number of nitrogens with one attached hydrogen (secondary N) is 1. The van der Waals surface area contributed by atoms with Gasteiger partial charge in [-0.1, -0.05) is 13.8 Å². The molecule has 0 aliphatic heterocycles. The van der Waals surface area contributed by atoms with E-state index in [4.69, 9.17) is 0 Å². The fourth-order valence-electron chi connectivity index (χ4n) is 1.09. The van der Waals surface area contributed by atoms with Crippen LogP contribution in [0.25, 0.3) is 0 Å². The third-order valence-corrected chi connectivity index (χ3v) is 2.28. The molecule has 1 aromatic heterocycles. The summed E-state index contributed by atoms with van der Waals surface area (Å²) in [6.07, 6.45) is 1.79. The zero-order valence-corrected chi connectivity index (χ0v) is 9.16. The molecule has 1 N–H and O–H groups in total. The highest BCUT2D eigenvalue weighted by Crippen LogP contribution is 2.01. The van der Waals surface area contributed by atoms with Crippen LogP contribution < -0.4 is 5.32 Å². The van der Waals surface area contributed by atoms with Gasteiger partial charge < -0.3 is 9.88 Å². The maximum Gasteiger partial charge on any atom is 0.222 e. The maximum atomic E-state index is 11.3. The molecular formula is C10H17N3O. The number of rotatable bonds is 3. The number of amides is 1. The van der Waals surface area contributed by atoms with E-state index in [0.717, 1.165) is 11.5 Å². The molecule has 1 heterocycles. The molecule has 1 rings (SSSR count). The Morgan fingerprint density at radius 1 is 1.64 bits per heavy atom. The molecule has 0 bridgehead atoms. The number of imidazole rings is 1. The molecule has 4 heteroatoms. The third kappa shape index (κ3) is 2.34. The fraction of sp³-hybridized carbons (Fsp3) is 0.600. The van der Waals surface area contributed by atoms with E-state index in [9.17, 15) is 4.79 Å². The molecule has 14 heavy (non-hydrogen) atoms. The summed E-state index contributed by atoms with van der Waals surface area (Å²) in [5.74, 6) is 1.06. The molecule has 0 fully saturated rings. The first-order chi connectivity index (χ1) is 6.52. The predicted molar refractivity (Wildman–Crippen MR) is 54.6 cm³/mol. The highest BCUT2D eigenvalue weighted by Gasteiger charge is 2.07. The lowest BCUT2D eigenvalue weighted by Gasteiger charge is -2.08.